The number of carbonyl (C=O) groups is 3. The van der Waals surface area contributed by atoms with Crippen molar-refractivity contribution >= 4 is 23.5 Å². The zero-order valence-corrected chi connectivity index (χ0v) is 24.9. The third-order valence-corrected chi connectivity index (χ3v) is 7.50. The number of rotatable bonds is 8. The van der Waals surface area contributed by atoms with Crippen LogP contribution < -0.4 is 40.0 Å². The van der Waals surface area contributed by atoms with Gasteiger partial charge in [-0.25, -0.2) is 0 Å². The maximum Gasteiger partial charge on any atom is 1.00 e. The molecule has 0 bridgehead atoms. The quantitative estimate of drug-likeness (QED) is 0.487. The summed E-state index contributed by atoms with van der Waals surface area (Å²) in [5.41, 5.74) is 0.0899. The topological polar surface area (TPSA) is 102 Å². The van der Waals surface area contributed by atoms with E-state index < -0.39 is 29.3 Å². The Morgan fingerprint density at radius 3 is 2.35 bits per heavy atom. The molecular formula is C29H31F3N3NaO4. The van der Waals surface area contributed by atoms with Gasteiger partial charge in [-0.3, -0.25) is 14.6 Å². The van der Waals surface area contributed by atoms with E-state index in [2.05, 4.69) is 12.2 Å². The summed E-state index contributed by atoms with van der Waals surface area (Å²) < 4.78 is 39.4. The van der Waals surface area contributed by atoms with Crippen LogP contribution in [-0.4, -0.2) is 40.6 Å². The average Bonchev–Trinajstić information content (AvgIpc) is 3.15. The van der Waals surface area contributed by atoms with E-state index in [-0.39, 0.29) is 60.2 Å². The Morgan fingerprint density at radius 1 is 1.15 bits per heavy atom. The van der Waals surface area contributed by atoms with Crippen LogP contribution in [0, 0.1) is 5.92 Å². The smallest absolute Gasteiger partial charge is 0.550 e. The number of hydrogen-bond donors (Lipinski definition) is 1. The molecule has 208 valence electrons. The van der Waals surface area contributed by atoms with Crippen molar-refractivity contribution in [2.75, 3.05) is 6.54 Å². The molecule has 2 amide bonds. The van der Waals surface area contributed by atoms with E-state index in [0.717, 1.165) is 30.5 Å². The Bertz CT molecular complexity index is 1260. The van der Waals surface area contributed by atoms with E-state index in [1.165, 1.54) is 12.1 Å². The first-order valence-corrected chi connectivity index (χ1v) is 13.1. The van der Waals surface area contributed by atoms with E-state index in [0.29, 0.717) is 36.3 Å². The summed E-state index contributed by atoms with van der Waals surface area (Å²) in [6.45, 7) is 4.02. The molecule has 1 saturated carbocycles. The fourth-order valence-corrected chi connectivity index (χ4v) is 5.67. The van der Waals surface area contributed by atoms with Gasteiger partial charge in [0.25, 0.3) is 11.8 Å². The molecule has 1 aliphatic heterocycles. The molecule has 2 aromatic rings. The van der Waals surface area contributed by atoms with Crippen LogP contribution in [0.25, 0.3) is 0 Å². The predicted molar refractivity (Wildman–Crippen MR) is 137 cm³/mol. The Kier molecular flexibility index (Phi) is 10.2. The third kappa shape index (κ3) is 6.78. The summed E-state index contributed by atoms with van der Waals surface area (Å²) in [7, 11) is 0. The molecule has 1 N–H and O–H groups in total. The number of carbonyl (C=O) groups excluding carboxylic acids is 3. The van der Waals surface area contributed by atoms with E-state index in [4.69, 9.17) is 4.99 Å². The Labute approximate surface area is 253 Å². The molecule has 11 heteroatoms. The first kappa shape index (κ1) is 31.8. The van der Waals surface area contributed by atoms with E-state index >= 15 is 0 Å². The number of nitrogens with zero attached hydrogens (tertiary/aromatic N) is 2. The van der Waals surface area contributed by atoms with E-state index in [9.17, 15) is 32.7 Å². The van der Waals surface area contributed by atoms with Crippen LogP contribution in [0.3, 0.4) is 0 Å². The summed E-state index contributed by atoms with van der Waals surface area (Å²) in [5.74, 6) is -1.68. The molecule has 2 aromatic carbocycles. The van der Waals surface area contributed by atoms with Gasteiger partial charge in [0.05, 0.1) is 11.6 Å². The number of aliphatic imine (C=N–C) groups is 1. The predicted octanol–water partition coefficient (Wildman–Crippen LogP) is 1.27. The first-order chi connectivity index (χ1) is 18.4. The van der Waals surface area contributed by atoms with Crippen molar-refractivity contribution < 1.29 is 62.2 Å². The summed E-state index contributed by atoms with van der Waals surface area (Å²) in [4.78, 5) is 43.6. The molecule has 1 fully saturated rings. The molecule has 1 heterocycles. The molecule has 2 unspecified atom stereocenters. The fraction of sp³-hybridized carbons (Fsp3) is 0.448. The molecule has 1 spiro atoms. The molecule has 0 radical (unpaired) electrons. The SMILES string of the molecule is CC[C@H](c1ccc(C(=O)NCCC(=O)[O-])cc1)N1C(=O)C(c2ccc(C(F)(F)F)cc2)=NC12CCCC(C)C2.[Na+]. The number of carboxylic acids is 1. The Hall–Kier alpha value is -2.69. The van der Waals surface area contributed by atoms with Crippen LogP contribution >= 0.6 is 0 Å². The zero-order valence-electron chi connectivity index (χ0n) is 22.9. The van der Waals surface area contributed by atoms with Crippen molar-refractivity contribution in [3.8, 4) is 0 Å². The largest absolute Gasteiger partial charge is 1.00 e. The van der Waals surface area contributed by atoms with E-state index in [1.54, 1.807) is 29.2 Å². The minimum atomic E-state index is -4.48. The second-order valence-corrected chi connectivity index (χ2v) is 10.3. The number of amides is 2. The summed E-state index contributed by atoms with van der Waals surface area (Å²) in [6, 6.07) is 11.0. The second kappa shape index (κ2) is 12.9. The van der Waals surface area contributed by atoms with Gasteiger partial charge in [-0.1, -0.05) is 44.5 Å². The van der Waals surface area contributed by atoms with Crippen molar-refractivity contribution in [3.63, 3.8) is 0 Å². The molecule has 4 rings (SSSR count). The maximum atomic E-state index is 13.9. The normalized spacial score (nSPS) is 21.5. The third-order valence-electron chi connectivity index (χ3n) is 7.50. The van der Waals surface area contributed by atoms with Crippen molar-refractivity contribution in [3.05, 3.63) is 70.8 Å². The number of carboxylic acid groups (broad SMARTS) is 1. The summed E-state index contributed by atoms with van der Waals surface area (Å²) >= 11 is 0. The van der Waals surface area contributed by atoms with Gasteiger partial charge in [-0.05, 0) is 61.4 Å². The van der Waals surface area contributed by atoms with Crippen LogP contribution in [0.1, 0.15) is 85.5 Å². The van der Waals surface area contributed by atoms with Crippen molar-refractivity contribution in [2.24, 2.45) is 10.9 Å². The molecule has 40 heavy (non-hydrogen) atoms. The minimum absolute atomic E-state index is 0. The molecule has 0 saturated heterocycles. The molecule has 7 nitrogen and oxygen atoms in total. The molecule has 0 aromatic heterocycles. The molecule has 2 aliphatic rings. The average molecular weight is 566 g/mol. The molecule has 3 atom stereocenters. The van der Waals surface area contributed by atoms with Crippen molar-refractivity contribution in [2.45, 2.75) is 70.3 Å². The van der Waals surface area contributed by atoms with Gasteiger partial charge < -0.3 is 20.1 Å². The van der Waals surface area contributed by atoms with Gasteiger partial charge in [0, 0.05) is 30.1 Å². The van der Waals surface area contributed by atoms with Gasteiger partial charge in [0.2, 0.25) is 0 Å². The monoisotopic (exact) mass is 565 g/mol. The summed E-state index contributed by atoms with van der Waals surface area (Å²) in [6.07, 6.45) is -1.02. The second-order valence-electron chi connectivity index (χ2n) is 10.3. The van der Waals surface area contributed by atoms with Crippen LogP contribution in [0.15, 0.2) is 53.5 Å². The first-order valence-electron chi connectivity index (χ1n) is 13.1. The van der Waals surface area contributed by atoms with Gasteiger partial charge >= 0.3 is 35.7 Å². The fourth-order valence-electron chi connectivity index (χ4n) is 5.67. The number of hydrogen-bond acceptors (Lipinski definition) is 5. The Balaban J connectivity index is 0.00000441. The van der Waals surface area contributed by atoms with Crippen LogP contribution in [0.2, 0.25) is 0 Å². The zero-order chi connectivity index (χ0) is 28.4. The number of alkyl halides is 3. The van der Waals surface area contributed by atoms with Gasteiger partial charge in [-0.15, -0.1) is 0 Å². The molecule has 1 aliphatic carbocycles. The van der Waals surface area contributed by atoms with Crippen molar-refractivity contribution in [1.82, 2.24) is 10.2 Å². The summed E-state index contributed by atoms with van der Waals surface area (Å²) in [5, 5.41) is 13.1. The number of benzene rings is 2. The number of aliphatic carboxylic acids is 1. The van der Waals surface area contributed by atoms with Crippen LogP contribution in [-0.2, 0) is 15.8 Å². The van der Waals surface area contributed by atoms with Crippen LogP contribution in [0.4, 0.5) is 13.2 Å². The van der Waals surface area contributed by atoms with Crippen molar-refractivity contribution in [1.29, 1.82) is 0 Å². The molecular weight excluding hydrogens is 534 g/mol. The number of nitrogens with one attached hydrogen (secondary N) is 1. The minimum Gasteiger partial charge on any atom is -0.550 e. The standard InChI is InChI=1S/C29H32F3N3O4.Na/c1-3-23(19-6-8-21(9-7-19)26(38)33-16-14-24(36)37)35-27(39)25(34-28(35)15-4-5-18(2)17-28)20-10-12-22(13-11-20)29(30,31)32;/h6-13,18,23H,3-5,14-17H2,1-2H3,(H,33,38)(H,36,37);/q;+1/p-1/t18?,23-,28?;/m1./s1. The number of halogens is 3. The maximum absolute atomic E-state index is 13.9. The Morgan fingerprint density at radius 2 is 1.80 bits per heavy atom. The van der Waals surface area contributed by atoms with E-state index in [1.807, 2.05) is 6.92 Å². The van der Waals surface area contributed by atoms with Gasteiger partial charge in [0.15, 0.2) is 0 Å². The van der Waals surface area contributed by atoms with Crippen LogP contribution in [0.5, 0.6) is 0 Å². The van der Waals surface area contributed by atoms with Gasteiger partial charge in [-0.2, -0.15) is 13.2 Å². The van der Waals surface area contributed by atoms with Gasteiger partial charge in [0.1, 0.15) is 11.4 Å².